The SMILES string of the molecule is C[N-]C(=O)C#N.[U]. The van der Waals surface area contributed by atoms with Crippen molar-refractivity contribution in [3.05, 3.63) is 5.32 Å². The van der Waals surface area contributed by atoms with Gasteiger partial charge in [-0.3, -0.25) is 0 Å². The number of amides is 1. The number of nitriles is 1. The monoisotopic (exact) mass is 321 g/mol. The maximum absolute atomic E-state index is 9.65. The third-order valence-corrected chi connectivity index (χ3v) is 0.299. The molecular weight excluding hydrogens is 318 g/mol. The summed E-state index contributed by atoms with van der Waals surface area (Å²) in [6.45, 7) is 0. The van der Waals surface area contributed by atoms with Crippen LogP contribution in [0.2, 0.25) is 0 Å². The molecule has 0 aromatic carbocycles. The van der Waals surface area contributed by atoms with E-state index in [1.54, 1.807) is 0 Å². The minimum Gasteiger partial charge on any atom is -0.643 e. The van der Waals surface area contributed by atoms with Crippen molar-refractivity contribution in [3.63, 3.8) is 0 Å². The second kappa shape index (κ2) is 6.01. The van der Waals surface area contributed by atoms with Crippen LogP contribution in [0.25, 0.3) is 5.32 Å². The summed E-state index contributed by atoms with van der Waals surface area (Å²) in [5.41, 5.74) is 0. The van der Waals surface area contributed by atoms with Crippen LogP contribution in [0.3, 0.4) is 0 Å². The predicted octanol–water partition coefficient (Wildman–Crippen LogP) is 0.0401. The minimum absolute atomic E-state index is 0. The number of carbonyl (C=O) groups excluding carboxylic acids is 1. The molecule has 0 bridgehead atoms. The maximum atomic E-state index is 9.65. The summed E-state index contributed by atoms with van der Waals surface area (Å²) in [7, 11) is 1.28. The van der Waals surface area contributed by atoms with Crippen LogP contribution in [0.15, 0.2) is 0 Å². The molecule has 0 aliphatic rings. The van der Waals surface area contributed by atoms with Crippen molar-refractivity contribution in [3.8, 4) is 6.07 Å². The molecule has 0 aliphatic heterocycles. The van der Waals surface area contributed by atoms with Crippen LogP contribution in [0.1, 0.15) is 0 Å². The van der Waals surface area contributed by atoms with E-state index >= 15 is 0 Å². The fraction of sp³-hybridized carbons (Fsp3) is 0.333. The van der Waals surface area contributed by atoms with Crippen molar-refractivity contribution >= 4 is 5.91 Å². The van der Waals surface area contributed by atoms with Gasteiger partial charge < -0.3 is 10.1 Å². The molecule has 7 heavy (non-hydrogen) atoms. The normalized spacial score (nSPS) is 5.14. The van der Waals surface area contributed by atoms with Crippen molar-refractivity contribution < 1.29 is 35.9 Å². The smallest absolute Gasteiger partial charge is 0.154 e. The predicted molar refractivity (Wildman–Crippen MR) is 19.9 cm³/mol. The van der Waals surface area contributed by atoms with Gasteiger partial charge in [-0.1, -0.05) is 0 Å². The molecule has 1 amide bonds. The zero-order valence-corrected chi connectivity index (χ0v) is 7.97. The summed E-state index contributed by atoms with van der Waals surface area (Å²) in [4.78, 5) is 9.65. The Morgan fingerprint density at radius 1 is 1.86 bits per heavy atom. The van der Waals surface area contributed by atoms with E-state index in [0.29, 0.717) is 0 Å². The van der Waals surface area contributed by atoms with Gasteiger partial charge in [0.05, 0.1) is 0 Å². The molecule has 0 atom stereocenters. The molecule has 0 unspecified atom stereocenters. The van der Waals surface area contributed by atoms with E-state index in [1.807, 2.05) is 0 Å². The molecule has 0 aromatic heterocycles. The molecule has 0 saturated heterocycles. The standard InChI is InChI=1S/C3H4N2O.U/c1-5-3(6)2-4;/h1H3,(H,5,6);/p-1. The van der Waals surface area contributed by atoms with Gasteiger partial charge in [0.1, 0.15) is 6.07 Å². The van der Waals surface area contributed by atoms with Gasteiger partial charge in [0.15, 0.2) is 5.91 Å². The van der Waals surface area contributed by atoms with Crippen LogP contribution in [0, 0.1) is 42.4 Å². The van der Waals surface area contributed by atoms with E-state index in [0.717, 1.165) is 0 Å². The van der Waals surface area contributed by atoms with Crippen LogP contribution in [0.4, 0.5) is 0 Å². The van der Waals surface area contributed by atoms with Gasteiger partial charge in [-0.2, -0.15) is 5.26 Å². The minimum atomic E-state index is -0.727. The van der Waals surface area contributed by atoms with E-state index in [4.69, 9.17) is 5.26 Å². The molecule has 0 heterocycles. The van der Waals surface area contributed by atoms with E-state index in [9.17, 15) is 4.79 Å². The van der Waals surface area contributed by atoms with Gasteiger partial charge in [-0.25, -0.2) is 0 Å². The number of rotatable bonds is 0. The Hall–Kier alpha value is 0.0119. The summed E-state index contributed by atoms with van der Waals surface area (Å²) in [6, 6.07) is 1.31. The first-order chi connectivity index (χ1) is 2.81. The van der Waals surface area contributed by atoms with Crippen LogP contribution < -0.4 is 0 Å². The Morgan fingerprint density at radius 2 is 2.29 bits per heavy atom. The molecule has 0 spiro atoms. The summed E-state index contributed by atoms with van der Waals surface area (Å²) in [6.07, 6.45) is 0. The summed E-state index contributed by atoms with van der Waals surface area (Å²) < 4.78 is 0. The van der Waals surface area contributed by atoms with Crippen molar-refractivity contribution in [1.29, 1.82) is 5.26 Å². The fourth-order valence-electron chi connectivity index (χ4n) is 0.0500. The summed E-state index contributed by atoms with van der Waals surface area (Å²) in [5.74, 6) is -0.727. The second-order valence-corrected chi connectivity index (χ2v) is 0.641. The topological polar surface area (TPSA) is 55.0 Å². The van der Waals surface area contributed by atoms with Crippen LogP contribution in [-0.2, 0) is 4.79 Å². The number of carbonyl (C=O) groups is 1. The third-order valence-electron chi connectivity index (χ3n) is 0.299. The first-order valence-electron chi connectivity index (χ1n) is 1.35. The number of nitrogens with zero attached hydrogens (tertiary/aromatic N) is 2. The molecule has 3 nitrogen and oxygen atoms in total. The van der Waals surface area contributed by atoms with Gasteiger partial charge in [-0.15, -0.1) is 7.05 Å². The Bertz CT molecular complexity index is 95.6. The average molecular weight is 321 g/mol. The van der Waals surface area contributed by atoms with E-state index < -0.39 is 5.91 Å². The summed E-state index contributed by atoms with van der Waals surface area (Å²) in [5, 5.41) is 10.6. The molecular formula is C3H3N2OU-. The molecule has 0 N–H and O–H groups in total. The molecule has 0 rings (SSSR count). The van der Waals surface area contributed by atoms with Gasteiger partial charge in [-0.05, 0) is 0 Å². The largest absolute Gasteiger partial charge is 0.643 e. The maximum Gasteiger partial charge on any atom is 0.154 e. The molecule has 0 fully saturated rings. The first-order valence-corrected chi connectivity index (χ1v) is 1.35. The molecule has 0 saturated carbocycles. The zero-order valence-electron chi connectivity index (χ0n) is 3.80. The van der Waals surface area contributed by atoms with Gasteiger partial charge >= 0.3 is 0 Å². The molecule has 4 heteroatoms. The van der Waals surface area contributed by atoms with E-state index in [-0.39, 0.29) is 31.1 Å². The van der Waals surface area contributed by atoms with Crippen LogP contribution in [-0.4, -0.2) is 13.0 Å². The Labute approximate surface area is 65.5 Å². The van der Waals surface area contributed by atoms with Crippen molar-refractivity contribution in [2.24, 2.45) is 0 Å². The van der Waals surface area contributed by atoms with Crippen molar-refractivity contribution in [2.45, 2.75) is 0 Å². The average Bonchev–Trinajstić information content (AvgIpc) is 1.65. The first kappa shape index (κ1) is 10.1. The van der Waals surface area contributed by atoms with Crippen molar-refractivity contribution in [1.82, 2.24) is 0 Å². The van der Waals surface area contributed by atoms with Gasteiger partial charge in [0.2, 0.25) is 0 Å². The second-order valence-electron chi connectivity index (χ2n) is 0.641. The van der Waals surface area contributed by atoms with Crippen molar-refractivity contribution in [2.75, 3.05) is 7.05 Å². The van der Waals surface area contributed by atoms with Gasteiger partial charge in [0, 0.05) is 31.1 Å². The van der Waals surface area contributed by atoms with Gasteiger partial charge in [0.25, 0.3) is 0 Å². The molecule has 0 aromatic rings. The number of hydrogen-bond acceptors (Lipinski definition) is 2. The Kier molecular flexibility index (Phi) is 8.67. The van der Waals surface area contributed by atoms with E-state index in [2.05, 4.69) is 5.32 Å². The quantitative estimate of drug-likeness (QED) is 0.592. The fourth-order valence-corrected chi connectivity index (χ4v) is 0.0500. The Balaban J connectivity index is 0. The zero-order chi connectivity index (χ0) is 4.99. The molecule has 0 aliphatic carbocycles. The van der Waals surface area contributed by atoms with Crippen LogP contribution >= 0.6 is 0 Å². The molecule has 0 radical (unpaired) electrons. The number of hydrogen-bond donors (Lipinski definition) is 0. The third kappa shape index (κ3) is 6.01. The van der Waals surface area contributed by atoms with E-state index in [1.165, 1.54) is 13.1 Å². The summed E-state index contributed by atoms with van der Waals surface area (Å²) >= 11 is 0. The Morgan fingerprint density at radius 3 is 2.29 bits per heavy atom. The molecule has 36 valence electrons. The van der Waals surface area contributed by atoms with Crippen LogP contribution in [0.5, 0.6) is 0 Å².